The predicted molar refractivity (Wildman–Crippen MR) is 133 cm³/mol. The van der Waals surface area contributed by atoms with Gasteiger partial charge in [-0.25, -0.2) is 4.39 Å². The van der Waals surface area contributed by atoms with Gasteiger partial charge in [0.05, 0.1) is 5.92 Å². The van der Waals surface area contributed by atoms with E-state index in [0.29, 0.717) is 47.1 Å². The van der Waals surface area contributed by atoms with Crippen molar-refractivity contribution in [3.05, 3.63) is 69.5 Å². The van der Waals surface area contributed by atoms with Crippen molar-refractivity contribution in [2.24, 2.45) is 5.92 Å². The summed E-state index contributed by atoms with van der Waals surface area (Å²) in [6.07, 6.45) is 4.82. The third kappa shape index (κ3) is 6.53. The minimum absolute atomic E-state index is 0.112. The zero-order valence-electron chi connectivity index (χ0n) is 19.2. The molecule has 1 saturated carbocycles. The van der Waals surface area contributed by atoms with E-state index in [0.717, 1.165) is 25.7 Å². The Morgan fingerprint density at radius 1 is 0.829 bits per heavy atom. The van der Waals surface area contributed by atoms with Crippen LogP contribution in [0.2, 0.25) is 10.0 Å². The average Bonchev–Trinajstić information content (AvgIpc) is 2.84. The lowest BCUT2D eigenvalue weighted by Crippen LogP contribution is -2.55. The molecule has 0 radical (unpaired) electrons. The minimum Gasteiger partial charge on any atom is -0.351 e. The zero-order valence-corrected chi connectivity index (χ0v) is 20.7. The van der Waals surface area contributed by atoms with E-state index in [9.17, 15) is 18.8 Å². The maximum Gasteiger partial charge on any atom is 0.253 e. The molecule has 6 nitrogen and oxygen atoms in total. The van der Waals surface area contributed by atoms with Gasteiger partial charge in [-0.15, -0.1) is 0 Å². The van der Waals surface area contributed by atoms with Crippen LogP contribution >= 0.6 is 23.2 Å². The van der Waals surface area contributed by atoms with Gasteiger partial charge in [-0.1, -0.05) is 36.0 Å². The molecule has 35 heavy (non-hydrogen) atoms. The fraction of sp³-hybridized carbons (Fsp3) is 0.423. The molecule has 0 bridgehead atoms. The summed E-state index contributed by atoms with van der Waals surface area (Å²) < 4.78 is 13.2. The molecule has 2 fully saturated rings. The number of hydrogen-bond donors (Lipinski definition) is 2. The number of benzene rings is 2. The van der Waals surface area contributed by atoms with Gasteiger partial charge in [0.1, 0.15) is 5.82 Å². The molecule has 1 aliphatic carbocycles. The molecular weight excluding hydrogens is 492 g/mol. The summed E-state index contributed by atoms with van der Waals surface area (Å²) in [5, 5.41) is 6.91. The van der Waals surface area contributed by atoms with Crippen LogP contribution in [0.4, 0.5) is 4.39 Å². The van der Waals surface area contributed by atoms with Crippen LogP contribution < -0.4 is 10.6 Å². The highest BCUT2D eigenvalue weighted by Crippen LogP contribution is 2.25. The van der Waals surface area contributed by atoms with E-state index in [2.05, 4.69) is 10.6 Å². The Labute approximate surface area is 214 Å². The molecule has 2 aromatic carbocycles. The van der Waals surface area contributed by atoms with Crippen LogP contribution in [0, 0.1) is 11.7 Å². The van der Waals surface area contributed by atoms with Crippen LogP contribution in [0.3, 0.4) is 0 Å². The molecule has 3 atom stereocenters. The summed E-state index contributed by atoms with van der Waals surface area (Å²) in [5.74, 6) is -1.33. The van der Waals surface area contributed by atoms with Gasteiger partial charge >= 0.3 is 0 Å². The lowest BCUT2D eigenvalue weighted by molar-refractivity contribution is -0.127. The van der Waals surface area contributed by atoms with Gasteiger partial charge in [0, 0.05) is 46.3 Å². The van der Waals surface area contributed by atoms with Crippen molar-refractivity contribution in [3.63, 3.8) is 0 Å². The summed E-state index contributed by atoms with van der Waals surface area (Å²) in [4.78, 5) is 40.5. The normalized spacial score (nSPS) is 22.4. The van der Waals surface area contributed by atoms with Crippen molar-refractivity contribution in [2.45, 2.75) is 50.6 Å². The predicted octanol–water partition coefficient (Wildman–Crippen LogP) is 4.84. The van der Waals surface area contributed by atoms with E-state index in [1.54, 1.807) is 23.1 Å². The highest BCUT2D eigenvalue weighted by Gasteiger charge is 2.33. The minimum atomic E-state index is -0.400. The Morgan fingerprint density at radius 3 is 2.11 bits per heavy atom. The van der Waals surface area contributed by atoms with Crippen molar-refractivity contribution in [3.8, 4) is 0 Å². The summed E-state index contributed by atoms with van der Waals surface area (Å²) in [5.41, 5.74) is 0.781. The topological polar surface area (TPSA) is 78.5 Å². The van der Waals surface area contributed by atoms with Gasteiger partial charge in [-0.2, -0.15) is 0 Å². The first-order chi connectivity index (χ1) is 16.8. The first-order valence-corrected chi connectivity index (χ1v) is 12.7. The molecule has 0 spiro atoms. The maximum atomic E-state index is 13.2. The van der Waals surface area contributed by atoms with Crippen molar-refractivity contribution in [1.29, 1.82) is 0 Å². The molecule has 9 heteroatoms. The summed E-state index contributed by atoms with van der Waals surface area (Å²) in [6, 6.07) is 9.72. The average molecular weight is 520 g/mol. The number of piperidine rings is 1. The number of carbonyl (C=O) groups is 3. The standard InChI is InChI=1S/C26H28Cl2FN3O3/c27-19-12-18(13-20(28)14-19)26(35)32-11-3-4-17(15-32)25(34)31-23-6-2-1-5-22(23)30-24(33)16-7-9-21(29)10-8-16/h7-10,12-14,17,22-23H,1-6,11,15H2,(H,30,33)(H,31,34)/t17-,22+,23+/m0/s1. The van der Waals surface area contributed by atoms with Gasteiger partial charge in [0.2, 0.25) is 5.91 Å². The second kappa shape index (κ2) is 11.4. The summed E-state index contributed by atoms with van der Waals surface area (Å²) in [6.45, 7) is 0.876. The van der Waals surface area contributed by atoms with Gasteiger partial charge in [0.15, 0.2) is 0 Å². The molecule has 0 aromatic heterocycles. The van der Waals surface area contributed by atoms with E-state index in [1.807, 2.05) is 0 Å². The second-order valence-electron chi connectivity index (χ2n) is 9.23. The fourth-order valence-electron chi connectivity index (χ4n) is 4.87. The van der Waals surface area contributed by atoms with E-state index < -0.39 is 5.82 Å². The molecule has 0 unspecified atom stereocenters. The molecule has 1 saturated heterocycles. The van der Waals surface area contributed by atoms with Gasteiger partial charge in [-0.05, 0) is 68.1 Å². The van der Waals surface area contributed by atoms with Gasteiger partial charge in [0.25, 0.3) is 11.8 Å². The van der Waals surface area contributed by atoms with Crippen molar-refractivity contribution in [2.75, 3.05) is 13.1 Å². The van der Waals surface area contributed by atoms with Crippen LogP contribution in [-0.2, 0) is 4.79 Å². The molecule has 4 rings (SSSR count). The lowest BCUT2D eigenvalue weighted by atomic mass is 9.88. The Bertz CT molecular complexity index is 1080. The first-order valence-electron chi connectivity index (χ1n) is 11.9. The number of rotatable bonds is 5. The summed E-state index contributed by atoms with van der Waals surface area (Å²) >= 11 is 12.1. The van der Waals surface area contributed by atoms with Crippen LogP contribution in [-0.4, -0.2) is 47.8 Å². The fourth-order valence-corrected chi connectivity index (χ4v) is 5.39. The van der Waals surface area contributed by atoms with Gasteiger partial charge in [-0.3, -0.25) is 14.4 Å². The van der Waals surface area contributed by atoms with E-state index >= 15 is 0 Å². The molecule has 2 N–H and O–H groups in total. The summed E-state index contributed by atoms with van der Waals surface area (Å²) in [7, 11) is 0. The molecule has 186 valence electrons. The molecule has 1 heterocycles. The van der Waals surface area contributed by atoms with E-state index in [-0.39, 0.29) is 35.7 Å². The molecular formula is C26H28Cl2FN3O3. The van der Waals surface area contributed by atoms with E-state index in [1.165, 1.54) is 24.3 Å². The Morgan fingerprint density at radius 2 is 1.46 bits per heavy atom. The third-order valence-corrected chi connectivity index (χ3v) is 7.14. The molecule has 3 amide bonds. The maximum absolute atomic E-state index is 13.2. The van der Waals surface area contributed by atoms with Crippen LogP contribution in [0.5, 0.6) is 0 Å². The smallest absolute Gasteiger partial charge is 0.253 e. The third-order valence-electron chi connectivity index (χ3n) is 6.71. The monoisotopic (exact) mass is 519 g/mol. The van der Waals surface area contributed by atoms with Crippen molar-refractivity contribution in [1.82, 2.24) is 15.5 Å². The highest BCUT2D eigenvalue weighted by molar-refractivity contribution is 6.35. The Kier molecular flexibility index (Phi) is 8.29. The van der Waals surface area contributed by atoms with E-state index in [4.69, 9.17) is 23.2 Å². The largest absolute Gasteiger partial charge is 0.351 e. The zero-order chi connectivity index (χ0) is 24.9. The number of nitrogens with one attached hydrogen (secondary N) is 2. The molecule has 2 aromatic rings. The second-order valence-corrected chi connectivity index (χ2v) is 10.1. The number of carbonyl (C=O) groups excluding carboxylic acids is 3. The highest BCUT2D eigenvalue weighted by atomic mass is 35.5. The number of hydrogen-bond acceptors (Lipinski definition) is 3. The number of halogens is 3. The molecule has 2 aliphatic rings. The van der Waals surface area contributed by atoms with Crippen LogP contribution in [0.25, 0.3) is 0 Å². The van der Waals surface area contributed by atoms with Crippen LogP contribution in [0.15, 0.2) is 42.5 Å². The Balaban J connectivity index is 1.37. The van der Waals surface area contributed by atoms with Crippen molar-refractivity contribution >= 4 is 40.9 Å². The molecule has 1 aliphatic heterocycles. The van der Waals surface area contributed by atoms with Crippen molar-refractivity contribution < 1.29 is 18.8 Å². The Hall–Kier alpha value is -2.64. The SMILES string of the molecule is O=C(N[C@@H]1CCCC[C@H]1NC(=O)[C@H]1CCCN(C(=O)c2cc(Cl)cc(Cl)c2)C1)c1ccc(F)cc1. The first kappa shape index (κ1) is 25.5. The lowest BCUT2D eigenvalue weighted by Gasteiger charge is -2.36. The number of amides is 3. The quantitative estimate of drug-likeness (QED) is 0.592. The van der Waals surface area contributed by atoms with Gasteiger partial charge < -0.3 is 15.5 Å². The van der Waals surface area contributed by atoms with Crippen LogP contribution in [0.1, 0.15) is 59.2 Å². The number of likely N-dealkylation sites (tertiary alicyclic amines) is 1. The number of nitrogens with zero attached hydrogens (tertiary/aromatic N) is 1.